The maximum atomic E-state index is 13.9. The molecule has 0 bridgehead atoms. The minimum Gasteiger partial charge on any atom is -0.350 e. The van der Waals surface area contributed by atoms with Crippen molar-refractivity contribution in [3.63, 3.8) is 0 Å². The van der Waals surface area contributed by atoms with E-state index >= 15 is 0 Å². The smallest absolute Gasteiger partial charge is 0.240 e. The minimum absolute atomic E-state index is 0.119. The molecular weight excluding hydrogens is 606 g/mol. The van der Waals surface area contributed by atoms with Gasteiger partial charge in [-0.15, -0.1) is 11.8 Å². The van der Waals surface area contributed by atoms with Gasteiger partial charge in [0.1, 0.15) is 18.2 Å². The van der Waals surface area contributed by atoms with Gasteiger partial charge in [0.2, 0.25) is 11.8 Å². The van der Waals surface area contributed by atoms with Crippen LogP contribution in [0, 0.1) is 5.82 Å². The van der Waals surface area contributed by atoms with Crippen LogP contribution in [-0.2, 0) is 16.1 Å². The zero-order valence-electron chi connectivity index (χ0n) is 22.7. The summed E-state index contributed by atoms with van der Waals surface area (Å²) < 4.78 is 15.0. The summed E-state index contributed by atoms with van der Waals surface area (Å²) in [6.07, 6.45) is 0. The predicted molar refractivity (Wildman–Crippen MR) is 170 cm³/mol. The second kappa shape index (κ2) is 12.6. The summed E-state index contributed by atoms with van der Waals surface area (Å²) in [6, 6.07) is 30.4. The van der Waals surface area contributed by atoms with E-state index in [1.54, 1.807) is 22.9 Å². The molecule has 6 nitrogen and oxygen atoms in total. The van der Waals surface area contributed by atoms with E-state index in [0.29, 0.717) is 27.2 Å². The molecule has 0 aliphatic carbocycles. The Morgan fingerprint density at radius 3 is 2.44 bits per heavy atom. The largest absolute Gasteiger partial charge is 0.350 e. The molecule has 6 rings (SSSR count). The molecule has 1 atom stereocenters. The minimum atomic E-state index is -0.372. The van der Waals surface area contributed by atoms with Crippen LogP contribution in [0.4, 0.5) is 10.2 Å². The average molecular weight is 632 g/mol. The van der Waals surface area contributed by atoms with Crippen molar-refractivity contribution in [3.8, 4) is 16.9 Å². The van der Waals surface area contributed by atoms with Crippen molar-refractivity contribution in [2.75, 3.05) is 17.2 Å². The molecule has 1 aromatic heterocycles. The van der Waals surface area contributed by atoms with Gasteiger partial charge in [-0.1, -0.05) is 89.9 Å². The highest BCUT2D eigenvalue weighted by atomic mass is 35.5. The van der Waals surface area contributed by atoms with E-state index in [9.17, 15) is 14.0 Å². The van der Waals surface area contributed by atoms with Gasteiger partial charge in [-0.25, -0.2) is 9.07 Å². The summed E-state index contributed by atoms with van der Waals surface area (Å²) in [7, 11) is 0. The van der Waals surface area contributed by atoms with Crippen LogP contribution in [0.15, 0.2) is 103 Å². The number of nitrogens with zero attached hydrogens (tertiary/aromatic N) is 3. The van der Waals surface area contributed by atoms with Crippen molar-refractivity contribution in [2.24, 2.45) is 0 Å². The molecule has 0 radical (unpaired) electrons. The molecular formula is C33H25Cl2FN4O2S. The predicted octanol–water partition coefficient (Wildman–Crippen LogP) is 7.47. The van der Waals surface area contributed by atoms with Gasteiger partial charge in [-0.2, -0.15) is 5.10 Å². The number of rotatable bonds is 7. The topological polar surface area (TPSA) is 67.2 Å². The molecule has 4 aromatic carbocycles. The zero-order valence-corrected chi connectivity index (χ0v) is 25.0. The van der Waals surface area contributed by atoms with Crippen LogP contribution in [0.3, 0.4) is 0 Å². The first-order valence-electron chi connectivity index (χ1n) is 13.5. The Labute approximate surface area is 262 Å². The van der Waals surface area contributed by atoms with E-state index in [2.05, 4.69) is 5.32 Å². The highest BCUT2D eigenvalue weighted by Crippen LogP contribution is 2.49. The molecule has 2 heterocycles. The van der Waals surface area contributed by atoms with Crippen LogP contribution < -0.4 is 10.2 Å². The standard InChI is InChI=1S/C33H25Cl2FN4O2S/c34-24-10-6-9-23(17-24)32-30-31(22-7-2-1-3-8-22)38-40(27-12-5-4-11-26(27)35)33(30)39(29(42)20-43-32)19-28(41)37-18-21-13-15-25(36)16-14-21/h1-17,32H,18-20H2,(H,37,41)/t32-/m1/s1. The monoisotopic (exact) mass is 630 g/mol. The Hall–Kier alpha value is -4.11. The van der Waals surface area contributed by atoms with Gasteiger partial charge in [0.25, 0.3) is 0 Å². The first-order valence-corrected chi connectivity index (χ1v) is 15.3. The summed E-state index contributed by atoms with van der Waals surface area (Å²) >= 11 is 14.6. The van der Waals surface area contributed by atoms with Crippen molar-refractivity contribution in [1.29, 1.82) is 0 Å². The number of amides is 2. The van der Waals surface area contributed by atoms with Crippen LogP contribution in [0.5, 0.6) is 0 Å². The van der Waals surface area contributed by atoms with Gasteiger partial charge >= 0.3 is 0 Å². The number of halogens is 3. The lowest BCUT2D eigenvalue weighted by Gasteiger charge is -2.23. The number of anilines is 1. The summed E-state index contributed by atoms with van der Waals surface area (Å²) in [6.45, 7) is -0.0623. The quantitative estimate of drug-likeness (QED) is 0.203. The van der Waals surface area contributed by atoms with Crippen molar-refractivity contribution < 1.29 is 14.0 Å². The van der Waals surface area contributed by atoms with E-state index in [1.165, 1.54) is 28.8 Å². The van der Waals surface area contributed by atoms with Crippen LogP contribution in [0.2, 0.25) is 10.0 Å². The molecule has 2 amide bonds. The van der Waals surface area contributed by atoms with E-state index in [4.69, 9.17) is 28.3 Å². The van der Waals surface area contributed by atoms with E-state index in [1.807, 2.05) is 72.8 Å². The Morgan fingerprint density at radius 2 is 1.70 bits per heavy atom. The van der Waals surface area contributed by atoms with Gasteiger partial charge in [0.05, 0.1) is 27.4 Å². The first kappa shape index (κ1) is 29.0. The number of para-hydroxylation sites is 1. The molecule has 5 aromatic rings. The second-order valence-electron chi connectivity index (χ2n) is 9.94. The summed E-state index contributed by atoms with van der Waals surface area (Å²) in [5.74, 6) is -0.396. The first-order chi connectivity index (χ1) is 20.9. The summed E-state index contributed by atoms with van der Waals surface area (Å²) in [5.41, 5.74) is 4.51. The molecule has 0 saturated heterocycles. The molecule has 1 aliphatic rings. The van der Waals surface area contributed by atoms with Crippen LogP contribution in [0.25, 0.3) is 16.9 Å². The molecule has 43 heavy (non-hydrogen) atoms. The molecule has 1 N–H and O–H groups in total. The lowest BCUT2D eigenvalue weighted by Crippen LogP contribution is -2.42. The SMILES string of the molecule is O=C(CN1C(=O)CS[C@H](c2cccc(Cl)c2)c2c(-c3ccccc3)nn(-c3ccccc3Cl)c21)NCc1ccc(F)cc1. The molecule has 0 unspecified atom stereocenters. The molecule has 0 spiro atoms. The molecule has 10 heteroatoms. The number of fused-ring (bicyclic) bond motifs is 1. The van der Waals surface area contributed by atoms with Crippen molar-refractivity contribution in [2.45, 2.75) is 11.8 Å². The van der Waals surface area contributed by atoms with E-state index in [0.717, 1.165) is 22.3 Å². The maximum absolute atomic E-state index is 13.9. The van der Waals surface area contributed by atoms with Gasteiger partial charge in [-0.3, -0.25) is 14.5 Å². The third kappa shape index (κ3) is 6.18. The summed E-state index contributed by atoms with van der Waals surface area (Å²) in [4.78, 5) is 28.7. The summed E-state index contributed by atoms with van der Waals surface area (Å²) in [5, 5.41) is 8.61. The third-order valence-electron chi connectivity index (χ3n) is 7.07. The Balaban J connectivity index is 1.51. The number of thioether (sulfide) groups is 1. The van der Waals surface area contributed by atoms with Crippen molar-refractivity contribution >= 4 is 52.6 Å². The Bertz CT molecular complexity index is 1800. The van der Waals surface area contributed by atoms with Crippen molar-refractivity contribution in [3.05, 3.63) is 136 Å². The third-order valence-corrected chi connectivity index (χ3v) is 8.88. The molecule has 216 valence electrons. The fourth-order valence-corrected chi connectivity index (χ4v) is 6.66. The number of hydrogen-bond acceptors (Lipinski definition) is 4. The van der Waals surface area contributed by atoms with Gasteiger partial charge in [-0.05, 0) is 47.5 Å². The molecule has 0 saturated carbocycles. The van der Waals surface area contributed by atoms with Crippen LogP contribution in [0.1, 0.15) is 21.9 Å². The van der Waals surface area contributed by atoms with E-state index in [-0.39, 0.29) is 41.7 Å². The molecule has 0 fully saturated rings. The van der Waals surface area contributed by atoms with Gasteiger partial charge in [0.15, 0.2) is 0 Å². The van der Waals surface area contributed by atoms with Gasteiger partial charge < -0.3 is 5.32 Å². The number of aromatic nitrogens is 2. The number of nitrogens with one attached hydrogen (secondary N) is 1. The fourth-order valence-electron chi connectivity index (χ4n) is 5.06. The lowest BCUT2D eigenvalue weighted by atomic mass is 9.99. The Morgan fingerprint density at radius 1 is 0.953 bits per heavy atom. The number of carbonyl (C=O) groups is 2. The van der Waals surface area contributed by atoms with Gasteiger partial charge in [0, 0.05) is 22.7 Å². The average Bonchev–Trinajstić information content (AvgIpc) is 3.33. The highest BCUT2D eigenvalue weighted by molar-refractivity contribution is 8.00. The number of carbonyl (C=O) groups excluding carboxylic acids is 2. The molecule has 1 aliphatic heterocycles. The van der Waals surface area contributed by atoms with E-state index < -0.39 is 0 Å². The highest BCUT2D eigenvalue weighted by Gasteiger charge is 2.38. The normalized spacial score (nSPS) is 14.7. The van der Waals surface area contributed by atoms with Crippen LogP contribution >= 0.6 is 35.0 Å². The lowest BCUT2D eigenvalue weighted by molar-refractivity contribution is -0.123. The maximum Gasteiger partial charge on any atom is 0.240 e. The second-order valence-corrected chi connectivity index (χ2v) is 11.9. The Kier molecular flexibility index (Phi) is 8.51. The van der Waals surface area contributed by atoms with Crippen LogP contribution in [-0.4, -0.2) is 33.9 Å². The number of hydrogen-bond donors (Lipinski definition) is 1. The zero-order chi connectivity index (χ0) is 29.9. The number of benzene rings is 4. The van der Waals surface area contributed by atoms with Crippen molar-refractivity contribution in [1.82, 2.24) is 15.1 Å². The fraction of sp³-hybridized carbons (Fsp3) is 0.121.